The van der Waals surface area contributed by atoms with E-state index in [0.29, 0.717) is 17.4 Å². The standard InChI is InChI=1S/C23H26N4O2S/c1-4-27-21(17-11-12-17)25-26-23(27)30-20(16-8-6-5-7-9-16)22(28)24-18-14-15(2)10-13-19(18)29-3/h5-10,13-14,17,20H,4,11-12H2,1-3H3,(H,24,28). The van der Waals surface area contributed by atoms with E-state index in [1.54, 1.807) is 7.11 Å². The number of carbonyl (C=O) groups excluding carboxylic acids is 1. The van der Waals surface area contributed by atoms with E-state index in [0.717, 1.165) is 28.7 Å². The van der Waals surface area contributed by atoms with E-state index in [2.05, 4.69) is 27.0 Å². The average molecular weight is 423 g/mol. The zero-order chi connectivity index (χ0) is 21.1. The van der Waals surface area contributed by atoms with Gasteiger partial charge in [-0.2, -0.15) is 0 Å². The minimum atomic E-state index is -0.460. The van der Waals surface area contributed by atoms with Crippen molar-refractivity contribution >= 4 is 23.4 Å². The summed E-state index contributed by atoms with van der Waals surface area (Å²) in [5.41, 5.74) is 2.64. The molecule has 1 heterocycles. The molecule has 0 radical (unpaired) electrons. The maximum absolute atomic E-state index is 13.4. The van der Waals surface area contributed by atoms with Crippen molar-refractivity contribution < 1.29 is 9.53 Å². The molecule has 0 spiro atoms. The highest BCUT2D eigenvalue weighted by atomic mass is 32.2. The number of rotatable bonds is 8. The summed E-state index contributed by atoms with van der Waals surface area (Å²) in [4.78, 5) is 13.4. The van der Waals surface area contributed by atoms with Crippen LogP contribution in [0, 0.1) is 6.92 Å². The highest BCUT2D eigenvalue weighted by Gasteiger charge is 2.32. The third kappa shape index (κ3) is 4.36. The van der Waals surface area contributed by atoms with Crippen LogP contribution in [0.1, 0.15) is 47.9 Å². The van der Waals surface area contributed by atoms with E-state index in [1.807, 2.05) is 55.5 Å². The smallest absolute Gasteiger partial charge is 0.242 e. The number of amides is 1. The van der Waals surface area contributed by atoms with E-state index in [1.165, 1.54) is 24.6 Å². The van der Waals surface area contributed by atoms with Crippen LogP contribution in [0.15, 0.2) is 53.7 Å². The number of aromatic nitrogens is 3. The molecule has 1 N–H and O–H groups in total. The van der Waals surface area contributed by atoms with E-state index in [4.69, 9.17) is 4.74 Å². The Morgan fingerprint density at radius 1 is 1.23 bits per heavy atom. The summed E-state index contributed by atoms with van der Waals surface area (Å²) in [6.07, 6.45) is 2.33. The second kappa shape index (κ2) is 8.92. The summed E-state index contributed by atoms with van der Waals surface area (Å²) in [5, 5.41) is 12.2. The number of hydrogen-bond donors (Lipinski definition) is 1. The molecule has 1 aromatic heterocycles. The SMILES string of the molecule is CCn1c(SC(C(=O)Nc2cc(C)ccc2OC)c2ccccc2)nnc1C1CC1. The molecule has 1 unspecified atom stereocenters. The lowest BCUT2D eigenvalue weighted by molar-refractivity contribution is -0.115. The van der Waals surface area contributed by atoms with Crippen LogP contribution in [0.5, 0.6) is 5.75 Å². The van der Waals surface area contributed by atoms with Crippen molar-refractivity contribution in [3.05, 3.63) is 65.5 Å². The second-order valence-corrected chi connectivity index (χ2v) is 8.53. The molecule has 4 rings (SSSR count). The summed E-state index contributed by atoms with van der Waals surface area (Å²) in [6, 6.07) is 15.5. The molecule has 1 amide bonds. The van der Waals surface area contributed by atoms with E-state index in [-0.39, 0.29) is 5.91 Å². The van der Waals surface area contributed by atoms with Crippen molar-refractivity contribution in [1.29, 1.82) is 0 Å². The van der Waals surface area contributed by atoms with Crippen LogP contribution in [-0.4, -0.2) is 27.8 Å². The minimum absolute atomic E-state index is 0.117. The topological polar surface area (TPSA) is 69.0 Å². The van der Waals surface area contributed by atoms with Gasteiger partial charge < -0.3 is 14.6 Å². The van der Waals surface area contributed by atoms with Crippen molar-refractivity contribution in [2.75, 3.05) is 12.4 Å². The molecule has 1 aliphatic rings. The van der Waals surface area contributed by atoms with Crippen LogP contribution in [0.2, 0.25) is 0 Å². The summed E-state index contributed by atoms with van der Waals surface area (Å²) in [5.74, 6) is 2.06. The molecule has 0 bridgehead atoms. The number of nitrogens with one attached hydrogen (secondary N) is 1. The molecule has 1 atom stereocenters. The number of nitrogens with zero attached hydrogens (tertiary/aromatic N) is 3. The Labute approximate surface area is 181 Å². The van der Waals surface area contributed by atoms with Gasteiger partial charge >= 0.3 is 0 Å². The van der Waals surface area contributed by atoms with Crippen LogP contribution >= 0.6 is 11.8 Å². The number of carbonyl (C=O) groups is 1. The molecule has 6 nitrogen and oxygen atoms in total. The quantitative estimate of drug-likeness (QED) is 0.519. The number of hydrogen-bond acceptors (Lipinski definition) is 5. The van der Waals surface area contributed by atoms with Gasteiger partial charge in [0.15, 0.2) is 5.16 Å². The Hall–Kier alpha value is -2.80. The molecule has 7 heteroatoms. The maximum atomic E-state index is 13.4. The summed E-state index contributed by atoms with van der Waals surface area (Å²) in [6.45, 7) is 4.87. The van der Waals surface area contributed by atoms with E-state index in [9.17, 15) is 4.79 Å². The molecule has 1 aliphatic carbocycles. The normalized spacial score (nSPS) is 14.4. The Bertz CT molecular complexity index is 1030. The molecule has 156 valence electrons. The maximum Gasteiger partial charge on any atom is 0.242 e. The Morgan fingerprint density at radius 3 is 2.67 bits per heavy atom. The Balaban J connectivity index is 1.64. The van der Waals surface area contributed by atoms with Crippen molar-refractivity contribution in [3.63, 3.8) is 0 Å². The van der Waals surface area contributed by atoms with Crippen LogP contribution in [-0.2, 0) is 11.3 Å². The van der Waals surface area contributed by atoms with Gasteiger partial charge in [0.2, 0.25) is 5.91 Å². The number of ether oxygens (including phenoxy) is 1. The third-order valence-corrected chi connectivity index (χ3v) is 6.42. The lowest BCUT2D eigenvalue weighted by Gasteiger charge is -2.18. The van der Waals surface area contributed by atoms with Gasteiger partial charge in [0.25, 0.3) is 0 Å². The highest BCUT2D eigenvalue weighted by molar-refractivity contribution is 8.00. The van der Waals surface area contributed by atoms with Crippen LogP contribution < -0.4 is 10.1 Å². The average Bonchev–Trinajstić information content (AvgIpc) is 3.52. The molecule has 0 aliphatic heterocycles. The molecular weight excluding hydrogens is 396 g/mol. The van der Waals surface area contributed by atoms with Crippen molar-refractivity contribution in [2.45, 2.75) is 49.6 Å². The monoisotopic (exact) mass is 422 g/mol. The van der Waals surface area contributed by atoms with Crippen molar-refractivity contribution in [3.8, 4) is 5.75 Å². The fourth-order valence-corrected chi connectivity index (χ4v) is 4.56. The van der Waals surface area contributed by atoms with Gasteiger partial charge in [-0.3, -0.25) is 4.79 Å². The van der Waals surface area contributed by atoms with E-state index < -0.39 is 5.25 Å². The van der Waals surface area contributed by atoms with Crippen molar-refractivity contribution in [2.24, 2.45) is 0 Å². The van der Waals surface area contributed by atoms with Gasteiger partial charge in [0, 0.05) is 12.5 Å². The molecule has 0 saturated heterocycles. The minimum Gasteiger partial charge on any atom is -0.495 e. The van der Waals surface area contributed by atoms with Gasteiger partial charge in [-0.1, -0.05) is 48.2 Å². The summed E-state index contributed by atoms with van der Waals surface area (Å²) in [7, 11) is 1.60. The first-order chi connectivity index (χ1) is 14.6. The van der Waals surface area contributed by atoms with Gasteiger partial charge in [-0.05, 0) is 49.9 Å². The fourth-order valence-electron chi connectivity index (χ4n) is 3.45. The third-order valence-electron chi connectivity index (χ3n) is 5.18. The molecule has 1 fully saturated rings. The summed E-state index contributed by atoms with van der Waals surface area (Å²) >= 11 is 1.44. The predicted octanol–water partition coefficient (Wildman–Crippen LogP) is 4.96. The largest absolute Gasteiger partial charge is 0.495 e. The number of methoxy groups -OCH3 is 1. The van der Waals surface area contributed by atoms with Crippen LogP contribution in [0.4, 0.5) is 5.69 Å². The first kappa shape index (κ1) is 20.5. The molecule has 30 heavy (non-hydrogen) atoms. The number of aryl methyl sites for hydroxylation is 1. The summed E-state index contributed by atoms with van der Waals surface area (Å²) < 4.78 is 7.57. The first-order valence-corrected chi connectivity index (χ1v) is 11.1. The zero-order valence-corrected chi connectivity index (χ0v) is 18.3. The molecule has 2 aromatic carbocycles. The number of anilines is 1. The number of benzene rings is 2. The number of thioether (sulfide) groups is 1. The lowest BCUT2D eigenvalue weighted by atomic mass is 10.1. The molecule has 1 saturated carbocycles. The second-order valence-electron chi connectivity index (χ2n) is 7.46. The van der Waals surface area contributed by atoms with Gasteiger partial charge in [-0.25, -0.2) is 0 Å². The van der Waals surface area contributed by atoms with Crippen molar-refractivity contribution in [1.82, 2.24) is 14.8 Å². The molecular formula is C23H26N4O2S. The first-order valence-electron chi connectivity index (χ1n) is 10.2. The van der Waals surface area contributed by atoms with Gasteiger partial charge in [0.1, 0.15) is 16.8 Å². The van der Waals surface area contributed by atoms with Crippen LogP contribution in [0.25, 0.3) is 0 Å². The predicted molar refractivity (Wildman–Crippen MR) is 119 cm³/mol. The Morgan fingerprint density at radius 2 is 2.00 bits per heavy atom. The Kier molecular flexibility index (Phi) is 6.08. The van der Waals surface area contributed by atoms with Gasteiger partial charge in [0.05, 0.1) is 12.8 Å². The highest BCUT2D eigenvalue weighted by Crippen LogP contribution is 2.42. The van der Waals surface area contributed by atoms with Crippen LogP contribution in [0.3, 0.4) is 0 Å². The molecule has 3 aromatic rings. The lowest BCUT2D eigenvalue weighted by Crippen LogP contribution is -2.20. The zero-order valence-electron chi connectivity index (χ0n) is 17.5. The van der Waals surface area contributed by atoms with E-state index >= 15 is 0 Å². The fraction of sp³-hybridized carbons (Fsp3) is 0.348. The van der Waals surface area contributed by atoms with Gasteiger partial charge in [-0.15, -0.1) is 10.2 Å².